The Morgan fingerprint density at radius 1 is 1.22 bits per heavy atom. The third-order valence-corrected chi connectivity index (χ3v) is 3.05. The maximum atomic E-state index is 10.9. The Balaban J connectivity index is 2.12. The van der Waals surface area contributed by atoms with E-state index in [2.05, 4.69) is 41.5 Å². The van der Waals surface area contributed by atoms with Crippen LogP contribution in [0.15, 0.2) is 24.3 Å². The van der Waals surface area contributed by atoms with Crippen molar-refractivity contribution in [3.8, 4) is 0 Å². The number of aromatic nitrogens is 3. The highest BCUT2D eigenvalue weighted by Gasteiger charge is 2.10. The summed E-state index contributed by atoms with van der Waals surface area (Å²) >= 11 is 0. The predicted molar refractivity (Wildman–Crippen MR) is 69.7 cm³/mol. The lowest BCUT2D eigenvalue weighted by Gasteiger charge is -2.05. The summed E-state index contributed by atoms with van der Waals surface area (Å²) in [6.07, 6.45) is 2.47. The van der Waals surface area contributed by atoms with E-state index in [-0.39, 0.29) is 0 Å². The molecule has 1 aromatic carbocycles. The van der Waals surface area contributed by atoms with Crippen molar-refractivity contribution in [1.82, 2.24) is 15.0 Å². The van der Waals surface area contributed by atoms with Crippen LogP contribution in [0.4, 0.5) is 0 Å². The summed E-state index contributed by atoms with van der Waals surface area (Å²) < 4.78 is 1.79. The number of rotatable bonds is 5. The van der Waals surface area contributed by atoms with E-state index in [4.69, 9.17) is 0 Å². The van der Waals surface area contributed by atoms with Gasteiger partial charge in [-0.25, -0.2) is 4.68 Å². The number of hydrogen-bond acceptors (Lipinski definition) is 3. The highest BCUT2D eigenvalue weighted by atomic mass is 16.1. The maximum absolute atomic E-state index is 10.9. The molecule has 4 heteroatoms. The second kappa shape index (κ2) is 5.58. The summed E-state index contributed by atoms with van der Waals surface area (Å²) in [6, 6.07) is 8.45. The molecule has 94 valence electrons. The fourth-order valence-electron chi connectivity index (χ4n) is 1.97. The van der Waals surface area contributed by atoms with Crippen molar-refractivity contribution in [3.05, 3.63) is 46.8 Å². The largest absolute Gasteiger partial charge is 0.296 e. The average molecular weight is 243 g/mol. The van der Waals surface area contributed by atoms with Crippen LogP contribution in [0.5, 0.6) is 0 Å². The lowest BCUT2D eigenvalue weighted by atomic mass is 10.1. The quantitative estimate of drug-likeness (QED) is 0.756. The molecule has 0 spiro atoms. The Bertz CT molecular complexity index is 528. The van der Waals surface area contributed by atoms with E-state index in [1.54, 1.807) is 4.68 Å². The molecule has 0 unspecified atom stereocenters. The van der Waals surface area contributed by atoms with E-state index in [1.165, 1.54) is 11.1 Å². The summed E-state index contributed by atoms with van der Waals surface area (Å²) in [6.45, 7) is 4.81. The summed E-state index contributed by atoms with van der Waals surface area (Å²) in [4.78, 5) is 10.9. The summed E-state index contributed by atoms with van der Waals surface area (Å²) in [5, 5.41) is 7.84. The van der Waals surface area contributed by atoms with Gasteiger partial charge in [-0.1, -0.05) is 35.0 Å². The normalized spacial score (nSPS) is 10.6. The summed E-state index contributed by atoms with van der Waals surface area (Å²) in [5.74, 6) is 0. The predicted octanol–water partition coefficient (Wildman–Crippen LogP) is 2.20. The van der Waals surface area contributed by atoms with E-state index in [0.717, 1.165) is 31.4 Å². The van der Waals surface area contributed by atoms with Crippen LogP contribution in [0, 0.1) is 6.92 Å². The smallest absolute Gasteiger partial charge is 0.172 e. The average Bonchev–Trinajstić information content (AvgIpc) is 2.80. The molecule has 1 aromatic heterocycles. The van der Waals surface area contributed by atoms with Crippen LogP contribution in [0.25, 0.3) is 0 Å². The maximum Gasteiger partial charge on any atom is 0.172 e. The third kappa shape index (κ3) is 2.64. The number of carbonyl (C=O) groups is 1. The first-order valence-corrected chi connectivity index (χ1v) is 6.17. The molecule has 2 aromatic rings. The van der Waals surface area contributed by atoms with Crippen molar-refractivity contribution in [3.63, 3.8) is 0 Å². The Morgan fingerprint density at radius 2 is 1.94 bits per heavy atom. The molecule has 0 bridgehead atoms. The Labute approximate surface area is 107 Å². The zero-order valence-corrected chi connectivity index (χ0v) is 10.8. The lowest BCUT2D eigenvalue weighted by Crippen LogP contribution is -2.05. The Morgan fingerprint density at radius 3 is 2.56 bits per heavy atom. The number of nitrogens with zero attached hydrogens (tertiary/aromatic N) is 3. The number of aldehydes is 1. The fraction of sp³-hybridized carbons (Fsp3) is 0.357. The number of benzene rings is 1. The molecular formula is C14H17N3O. The first-order valence-electron chi connectivity index (χ1n) is 6.17. The van der Waals surface area contributed by atoms with Crippen molar-refractivity contribution in [2.24, 2.45) is 0 Å². The second-order valence-corrected chi connectivity index (χ2v) is 4.34. The van der Waals surface area contributed by atoms with Crippen LogP contribution in [0.1, 0.15) is 34.2 Å². The van der Waals surface area contributed by atoms with Crippen LogP contribution in [0.3, 0.4) is 0 Å². The van der Waals surface area contributed by atoms with E-state index >= 15 is 0 Å². The number of carbonyl (C=O) groups excluding carboxylic acids is 1. The SMILES string of the molecule is CCn1nnc(C=O)c1CCc1ccc(C)cc1. The van der Waals surface area contributed by atoms with Crippen LogP contribution in [-0.4, -0.2) is 21.3 Å². The first kappa shape index (κ1) is 12.5. The van der Waals surface area contributed by atoms with E-state index < -0.39 is 0 Å². The molecule has 0 saturated carbocycles. The van der Waals surface area contributed by atoms with Gasteiger partial charge in [0.15, 0.2) is 6.29 Å². The summed E-state index contributed by atoms with van der Waals surface area (Å²) in [5.41, 5.74) is 3.91. The summed E-state index contributed by atoms with van der Waals surface area (Å²) in [7, 11) is 0. The van der Waals surface area contributed by atoms with Gasteiger partial charge in [0.1, 0.15) is 5.69 Å². The molecule has 0 aliphatic heterocycles. The minimum Gasteiger partial charge on any atom is -0.296 e. The molecule has 1 heterocycles. The van der Waals surface area contributed by atoms with Crippen LogP contribution in [0.2, 0.25) is 0 Å². The van der Waals surface area contributed by atoms with Crippen LogP contribution < -0.4 is 0 Å². The van der Waals surface area contributed by atoms with E-state index in [1.807, 2.05) is 6.92 Å². The van der Waals surface area contributed by atoms with Gasteiger partial charge in [0.25, 0.3) is 0 Å². The van der Waals surface area contributed by atoms with Crippen molar-refractivity contribution >= 4 is 6.29 Å². The van der Waals surface area contributed by atoms with Gasteiger partial charge in [0.2, 0.25) is 0 Å². The van der Waals surface area contributed by atoms with E-state index in [0.29, 0.717) is 5.69 Å². The molecule has 0 radical (unpaired) electrons. The second-order valence-electron chi connectivity index (χ2n) is 4.34. The van der Waals surface area contributed by atoms with Gasteiger partial charge in [-0.3, -0.25) is 4.79 Å². The minimum absolute atomic E-state index is 0.462. The number of hydrogen-bond donors (Lipinski definition) is 0. The zero-order valence-electron chi connectivity index (χ0n) is 10.8. The van der Waals surface area contributed by atoms with Crippen molar-refractivity contribution in [1.29, 1.82) is 0 Å². The number of aryl methyl sites for hydroxylation is 3. The molecular weight excluding hydrogens is 226 g/mol. The topological polar surface area (TPSA) is 47.8 Å². The van der Waals surface area contributed by atoms with Crippen molar-refractivity contribution in [2.45, 2.75) is 33.2 Å². The van der Waals surface area contributed by atoms with Crippen LogP contribution in [-0.2, 0) is 19.4 Å². The standard InChI is InChI=1S/C14H17N3O/c1-3-17-14(13(10-18)15-16-17)9-8-12-6-4-11(2)5-7-12/h4-7,10H,3,8-9H2,1-2H3. The van der Waals surface area contributed by atoms with Gasteiger partial charge < -0.3 is 0 Å². The van der Waals surface area contributed by atoms with Gasteiger partial charge in [-0.05, 0) is 32.3 Å². The zero-order chi connectivity index (χ0) is 13.0. The molecule has 0 atom stereocenters. The van der Waals surface area contributed by atoms with Crippen LogP contribution >= 0.6 is 0 Å². The lowest BCUT2D eigenvalue weighted by molar-refractivity contribution is 0.111. The van der Waals surface area contributed by atoms with Gasteiger partial charge in [0.05, 0.1) is 5.69 Å². The van der Waals surface area contributed by atoms with Gasteiger partial charge >= 0.3 is 0 Å². The van der Waals surface area contributed by atoms with Gasteiger partial charge in [0, 0.05) is 6.54 Å². The molecule has 0 aliphatic carbocycles. The van der Waals surface area contributed by atoms with E-state index in [9.17, 15) is 4.79 Å². The molecule has 0 fully saturated rings. The monoisotopic (exact) mass is 243 g/mol. The molecule has 4 nitrogen and oxygen atoms in total. The molecule has 0 N–H and O–H groups in total. The molecule has 0 amide bonds. The minimum atomic E-state index is 0.462. The highest BCUT2D eigenvalue weighted by Crippen LogP contribution is 2.10. The van der Waals surface area contributed by atoms with Gasteiger partial charge in [-0.15, -0.1) is 5.10 Å². The fourth-order valence-corrected chi connectivity index (χ4v) is 1.97. The molecule has 18 heavy (non-hydrogen) atoms. The third-order valence-electron chi connectivity index (χ3n) is 3.05. The molecule has 0 aliphatic rings. The van der Waals surface area contributed by atoms with Crippen molar-refractivity contribution in [2.75, 3.05) is 0 Å². The first-order chi connectivity index (χ1) is 8.74. The Kier molecular flexibility index (Phi) is 3.87. The molecule has 2 rings (SSSR count). The highest BCUT2D eigenvalue weighted by molar-refractivity contribution is 5.73. The van der Waals surface area contributed by atoms with Crippen molar-refractivity contribution < 1.29 is 4.79 Å². The Hall–Kier alpha value is -1.97. The molecule has 0 saturated heterocycles. The van der Waals surface area contributed by atoms with Gasteiger partial charge in [-0.2, -0.15) is 0 Å².